The minimum atomic E-state index is 0.308. The molecule has 0 radical (unpaired) electrons. The van der Waals surface area contributed by atoms with E-state index < -0.39 is 0 Å². The molecule has 0 aliphatic carbocycles. The van der Waals surface area contributed by atoms with E-state index >= 15 is 0 Å². The van der Waals surface area contributed by atoms with Crippen molar-refractivity contribution in [2.75, 3.05) is 26.7 Å². The molecule has 138 valence electrons. The zero-order chi connectivity index (χ0) is 17.8. The van der Waals surface area contributed by atoms with Gasteiger partial charge in [-0.2, -0.15) is 0 Å². The zero-order valence-corrected chi connectivity index (χ0v) is 16.7. The van der Waals surface area contributed by atoms with Crippen molar-refractivity contribution in [1.29, 1.82) is 0 Å². The van der Waals surface area contributed by atoms with Gasteiger partial charge in [0, 0.05) is 37.8 Å². The van der Waals surface area contributed by atoms with Gasteiger partial charge < -0.3 is 15.4 Å². The van der Waals surface area contributed by atoms with Crippen LogP contribution in [-0.2, 0) is 11.2 Å². The lowest BCUT2D eigenvalue weighted by Crippen LogP contribution is -2.39. The standard InChI is InChI=1S/C18H34N4OS/c1-6-23-16(14(2)3)10-12-21-18(19-5)20-11-8-7-9-17-22-15(4)13-24-17/h13-14,16H,6-12H2,1-5H3,(H2,19,20,21). The Morgan fingerprint density at radius 3 is 2.62 bits per heavy atom. The van der Waals surface area contributed by atoms with E-state index in [1.54, 1.807) is 11.3 Å². The van der Waals surface area contributed by atoms with Gasteiger partial charge in [0.25, 0.3) is 0 Å². The zero-order valence-electron chi connectivity index (χ0n) is 15.9. The fraction of sp³-hybridized carbons (Fsp3) is 0.778. The second-order valence-corrected chi connectivity index (χ2v) is 7.23. The van der Waals surface area contributed by atoms with Gasteiger partial charge in [-0.1, -0.05) is 13.8 Å². The first-order valence-electron chi connectivity index (χ1n) is 9.03. The summed E-state index contributed by atoms with van der Waals surface area (Å²) in [5.41, 5.74) is 1.13. The third-order valence-corrected chi connectivity index (χ3v) is 4.87. The quantitative estimate of drug-likeness (QED) is 0.363. The lowest BCUT2D eigenvalue weighted by Gasteiger charge is -2.21. The Bertz CT molecular complexity index is 473. The number of guanidine groups is 1. The van der Waals surface area contributed by atoms with E-state index in [0.717, 1.165) is 57.0 Å². The van der Waals surface area contributed by atoms with Crippen LogP contribution in [-0.4, -0.2) is 43.8 Å². The van der Waals surface area contributed by atoms with Crippen molar-refractivity contribution in [3.63, 3.8) is 0 Å². The Kier molecular flexibility index (Phi) is 10.7. The first kappa shape index (κ1) is 20.9. The van der Waals surface area contributed by atoms with E-state index in [1.165, 1.54) is 5.01 Å². The van der Waals surface area contributed by atoms with E-state index in [4.69, 9.17) is 4.74 Å². The van der Waals surface area contributed by atoms with Crippen LogP contribution in [0, 0.1) is 12.8 Å². The fourth-order valence-electron chi connectivity index (χ4n) is 2.50. The highest BCUT2D eigenvalue weighted by molar-refractivity contribution is 7.09. The lowest BCUT2D eigenvalue weighted by atomic mass is 10.0. The topological polar surface area (TPSA) is 58.5 Å². The highest BCUT2D eigenvalue weighted by Gasteiger charge is 2.12. The van der Waals surface area contributed by atoms with Gasteiger partial charge in [0.2, 0.25) is 0 Å². The smallest absolute Gasteiger partial charge is 0.190 e. The van der Waals surface area contributed by atoms with Gasteiger partial charge in [-0.25, -0.2) is 4.98 Å². The van der Waals surface area contributed by atoms with E-state index in [-0.39, 0.29) is 0 Å². The summed E-state index contributed by atoms with van der Waals surface area (Å²) >= 11 is 1.76. The molecule has 1 rings (SSSR count). The summed E-state index contributed by atoms with van der Waals surface area (Å²) in [5, 5.41) is 10.1. The molecule has 1 aromatic heterocycles. The van der Waals surface area contributed by atoms with E-state index in [1.807, 2.05) is 14.0 Å². The van der Waals surface area contributed by atoms with Crippen LogP contribution in [0.2, 0.25) is 0 Å². The van der Waals surface area contributed by atoms with Crippen molar-refractivity contribution in [2.45, 2.75) is 59.5 Å². The summed E-state index contributed by atoms with van der Waals surface area (Å²) in [6.45, 7) is 11.1. The molecule has 0 saturated heterocycles. The van der Waals surface area contributed by atoms with Crippen LogP contribution in [0.4, 0.5) is 0 Å². The number of aryl methyl sites for hydroxylation is 2. The Morgan fingerprint density at radius 1 is 1.29 bits per heavy atom. The second-order valence-electron chi connectivity index (χ2n) is 6.29. The van der Waals surface area contributed by atoms with Gasteiger partial charge in [-0.05, 0) is 45.4 Å². The van der Waals surface area contributed by atoms with E-state index in [0.29, 0.717) is 12.0 Å². The number of aromatic nitrogens is 1. The Balaban J connectivity index is 2.13. The number of unbranched alkanes of at least 4 members (excludes halogenated alkanes) is 1. The van der Waals surface area contributed by atoms with Gasteiger partial charge in [0.15, 0.2) is 5.96 Å². The second kappa shape index (κ2) is 12.3. The molecule has 0 amide bonds. The number of rotatable bonds is 11. The van der Waals surface area contributed by atoms with Crippen molar-refractivity contribution in [1.82, 2.24) is 15.6 Å². The monoisotopic (exact) mass is 354 g/mol. The van der Waals surface area contributed by atoms with Crippen molar-refractivity contribution < 1.29 is 4.74 Å². The van der Waals surface area contributed by atoms with Gasteiger partial charge in [-0.15, -0.1) is 11.3 Å². The molecule has 0 aliphatic rings. The maximum atomic E-state index is 5.77. The van der Waals surface area contributed by atoms with Crippen LogP contribution in [0.25, 0.3) is 0 Å². The fourth-order valence-corrected chi connectivity index (χ4v) is 3.32. The largest absolute Gasteiger partial charge is 0.378 e. The van der Waals surface area contributed by atoms with Crippen molar-refractivity contribution >= 4 is 17.3 Å². The molecular weight excluding hydrogens is 320 g/mol. The summed E-state index contributed by atoms with van der Waals surface area (Å²) < 4.78 is 5.77. The predicted molar refractivity (Wildman–Crippen MR) is 104 cm³/mol. The molecule has 1 unspecified atom stereocenters. The van der Waals surface area contributed by atoms with E-state index in [9.17, 15) is 0 Å². The molecule has 1 aromatic rings. The van der Waals surface area contributed by atoms with Crippen LogP contribution < -0.4 is 10.6 Å². The third-order valence-electron chi connectivity index (χ3n) is 3.85. The normalized spacial score (nSPS) is 13.3. The number of hydrogen-bond donors (Lipinski definition) is 2. The van der Waals surface area contributed by atoms with Gasteiger partial charge in [-0.3, -0.25) is 4.99 Å². The summed E-state index contributed by atoms with van der Waals surface area (Å²) in [7, 11) is 1.82. The Labute approximate surface area is 151 Å². The summed E-state index contributed by atoms with van der Waals surface area (Å²) in [6.07, 6.45) is 4.64. The molecule has 0 fully saturated rings. The molecule has 6 heteroatoms. The molecule has 2 N–H and O–H groups in total. The van der Waals surface area contributed by atoms with Gasteiger partial charge >= 0.3 is 0 Å². The predicted octanol–water partition coefficient (Wildman–Crippen LogP) is 3.39. The average molecular weight is 355 g/mol. The number of ether oxygens (including phenoxy) is 1. The maximum absolute atomic E-state index is 5.77. The molecule has 1 heterocycles. The summed E-state index contributed by atoms with van der Waals surface area (Å²) in [6, 6.07) is 0. The molecular formula is C18H34N4OS. The minimum absolute atomic E-state index is 0.308. The Hall–Kier alpha value is -1.14. The first-order chi connectivity index (χ1) is 11.6. The van der Waals surface area contributed by atoms with Crippen LogP contribution in [0.3, 0.4) is 0 Å². The van der Waals surface area contributed by atoms with Crippen molar-refractivity contribution in [3.05, 3.63) is 16.1 Å². The van der Waals surface area contributed by atoms with Crippen LogP contribution in [0.15, 0.2) is 10.4 Å². The van der Waals surface area contributed by atoms with Crippen LogP contribution in [0.5, 0.6) is 0 Å². The number of hydrogen-bond acceptors (Lipinski definition) is 4. The van der Waals surface area contributed by atoms with Gasteiger partial charge in [0.05, 0.1) is 11.1 Å². The average Bonchev–Trinajstić information content (AvgIpc) is 2.97. The number of nitrogens with one attached hydrogen (secondary N) is 2. The number of nitrogens with zero attached hydrogens (tertiary/aromatic N) is 2. The molecule has 0 spiro atoms. The van der Waals surface area contributed by atoms with Gasteiger partial charge in [0.1, 0.15) is 0 Å². The number of aliphatic imine (C=N–C) groups is 1. The molecule has 0 saturated carbocycles. The summed E-state index contributed by atoms with van der Waals surface area (Å²) in [5.74, 6) is 1.41. The molecule has 5 nitrogen and oxygen atoms in total. The van der Waals surface area contributed by atoms with Crippen LogP contribution in [0.1, 0.15) is 50.7 Å². The highest BCUT2D eigenvalue weighted by Crippen LogP contribution is 2.11. The lowest BCUT2D eigenvalue weighted by molar-refractivity contribution is 0.0258. The van der Waals surface area contributed by atoms with E-state index in [2.05, 4.69) is 46.8 Å². The molecule has 0 aromatic carbocycles. The highest BCUT2D eigenvalue weighted by atomic mass is 32.1. The molecule has 0 bridgehead atoms. The molecule has 0 aliphatic heterocycles. The summed E-state index contributed by atoms with van der Waals surface area (Å²) in [4.78, 5) is 8.77. The van der Waals surface area contributed by atoms with Crippen LogP contribution >= 0.6 is 11.3 Å². The SMILES string of the molecule is CCOC(CCNC(=NC)NCCCCc1nc(C)cs1)C(C)C. The molecule has 1 atom stereocenters. The third kappa shape index (κ3) is 8.64. The van der Waals surface area contributed by atoms with Crippen molar-refractivity contribution in [3.8, 4) is 0 Å². The molecule has 24 heavy (non-hydrogen) atoms. The van der Waals surface area contributed by atoms with Crippen molar-refractivity contribution in [2.24, 2.45) is 10.9 Å². The maximum Gasteiger partial charge on any atom is 0.190 e. The first-order valence-corrected chi connectivity index (χ1v) is 9.91. The number of thiazole rings is 1. The Morgan fingerprint density at radius 2 is 2.04 bits per heavy atom. The minimum Gasteiger partial charge on any atom is -0.378 e.